The van der Waals surface area contributed by atoms with Crippen molar-refractivity contribution in [1.29, 1.82) is 0 Å². The lowest BCUT2D eigenvalue weighted by molar-refractivity contribution is -0.170. The molecule has 0 aliphatic heterocycles. The molecule has 1 atom stereocenters. The third-order valence-corrected chi connectivity index (χ3v) is 5.18. The van der Waals surface area contributed by atoms with Crippen molar-refractivity contribution in [1.82, 2.24) is 14.5 Å². The number of benzene rings is 1. The Morgan fingerprint density at radius 1 is 1.11 bits per heavy atom. The SMILES string of the molecule is CN(C(=O)C(F)(F)F)c1ccccc1CS(=O)c1nccn1-c1ccccn1. The number of pyridine rings is 1. The van der Waals surface area contributed by atoms with Gasteiger partial charge in [-0.05, 0) is 23.8 Å². The molecule has 10 heteroatoms. The Morgan fingerprint density at radius 3 is 2.50 bits per heavy atom. The zero-order chi connectivity index (χ0) is 20.3. The maximum absolute atomic E-state index is 12.9. The number of alkyl halides is 3. The van der Waals surface area contributed by atoms with E-state index in [4.69, 9.17) is 0 Å². The van der Waals surface area contributed by atoms with Crippen LogP contribution in [0.15, 0.2) is 66.2 Å². The fourth-order valence-corrected chi connectivity index (χ4v) is 3.80. The number of aromatic nitrogens is 3. The number of amides is 1. The molecule has 0 spiro atoms. The molecule has 2 heterocycles. The Morgan fingerprint density at radius 2 is 1.82 bits per heavy atom. The van der Waals surface area contributed by atoms with Gasteiger partial charge in [-0.25, -0.2) is 9.97 Å². The van der Waals surface area contributed by atoms with Crippen LogP contribution in [0.3, 0.4) is 0 Å². The third-order valence-electron chi connectivity index (χ3n) is 3.89. The Labute approximate surface area is 161 Å². The minimum Gasteiger partial charge on any atom is -0.307 e. The van der Waals surface area contributed by atoms with Crippen molar-refractivity contribution >= 4 is 22.4 Å². The summed E-state index contributed by atoms with van der Waals surface area (Å²) in [6.07, 6.45) is -0.362. The van der Waals surface area contributed by atoms with E-state index in [2.05, 4.69) is 9.97 Å². The molecule has 0 aliphatic carbocycles. The molecule has 28 heavy (non-hydrogen) atoms. The van der Waals surface area contributed by atoms with Crippen LogP contribution in [0.25, 0.3) is 5.82 Å². The molecule has 1 aromatic carbocycles. The van der Waals surface area contributed by atoms with Crippen molar-refractivity contribution in [3.05, 3.63) is 66.6 Å². The predicted molar refractivity (Wildman–Crippen MR) is 97.4 cm³/mol. The van der Waals surface area contributed by atoms with E-state index >= 15 is 0 Å². The van der Waals surface area contributed by atoms with Crippen LogP contribution in [-0.2, 0) is 21.3 Å². The maximum atomic E-state index is 12.9. The smallest absolute Gasteiger partial charge is 0.307 e. The van der Waals surface area contributed by atoms with Gasteiger partial charge < -0.3 is 4.90 Å². The lowest BCUT2D eigenvalue weighted by Crippen LogP contribution is -2.39. The molecule has 0 saturated carbocycles. The molecule has 0 saturated heterocycles. The van der Waals surface area contributed by atoms with E-state index < -0.39 is 22.9 Å². The number of nitrogens with zero attached hydrogens (tertiary/aromatic N) is 4. The molecule has 2 aromatic heterocycles. The fourth-order valence-electron chi connectivity index (χ4n) is 2.59. The summed E-state index contributed by atoms with van der Waals surface area (Å²) < 4.78 is 52.7. The van der Waals surface area contributed by atoms with Crippen molar-refractivity contribution < 1.29 is 22.2 Å². The highest BCUT2D eigenvalue weighted by Gasteiger charge is 2.42. The summed E-state index contributed by atoms with van der Waals surface area (Å²) in [5.41, 5.74) is 0.366. The first-order chi connectivity index (χ1) is 13.3. The van der Waals surface area contributed by atoms with Crippen LogP contribution in [0.4, 0.5) is 18.9 Å². The molecule has 0 fully saturated rings. The van der Waals surface area contributed by atoms with Crippen molar-refractivity contribution in [2.75, 3.05) is 11.9 Å². The van der Waals surface area contributed by atoms with E-state index in [9.17, 15) is 22.2 Å². The lowest BCUT2D eigenvalue weighted by atomic mass is 10.2. The Bertz CT molecular complexity index is 1010. The summed E-state index contributed by atoms with van der Waals surface area (Å²) in [4.78, 5) is 20.4. The van der Waals surface area contributed by atoms with E-state index in [1.54, 1.807) is 41.2 Å². The van der Waals surface area contributed by atoms with Crippen molar-refractivity contribution in [3.63, 3.8) is 0 Å². The molecule has 6 nitrogen and oxygen atoms in total. The highest BCUT2D eigenvalue weighted by Crippen LogP contribution is 2.27. The predicted octanol–water partition coefficient (Wildman–Crippen LogP) is 3.10. The Hall–Kier alpha value is -3.01. The van der Waals surface area contributed by atoms with Gasteiger partial charge in [-0.2, -0.15) is 13.2 Å². The fraction of sp³-hybridized carbons (Fsp3) is 0.167. The number of halogens is 3. The van der Waals surface area contributed by atoms with Gasteiger partial charge in [0.2, 0.25) is 5.16 Å². The summed E-state index contributed by atoms with van der Waals surface area (Å²) in [6.45, 7) is 0. The number of para-hydroxylation sites is 1. The van der Waals surface area contributed by atoms with Crippen LogP contribution in [0.1, 0.15) is 5.56 Å². The molecular formula is C18H15F3N4O2S. The zero-order valence-electron chi connectivity index (χ0n) is 14.6. The first kappa shape index (κ1) is 19.7. The van der Waals surface area contributed by atoms with Gasteiger partial charge >= 0.3 is 12.1 Å². The zero-order valence-corrected chi connectivity index (χ0v) is 15.4. The topological polar surface area (TPSA) is 68.1 Å². The second-order valence-corrected chi connectivity index (χ2v) is 7.09. The average molecular weight is 408 g/mol. The molecule has 0 N–H and O–H groups in total. The van der Waals surface area contributed by atoms with E-state index in [1.807, 2.05) is 0 Å². The number of rotatable bonds is 5. The monoisotopic (exact) mass is 408 g/mol. The molecule has 1 unspecified atom stereocenters. The highest BCUT2D eigenvalue weighted by atomic mass is 32.2. The van der Waals surface area contributed by atoms with Gasteiger partial charge in [-0.15, -0.1) is 0 Å². The minimum absolute atomic E-state index is 0.0362. The number of imidazole rings is 1. The van der Waals surface area contributed by atoms with Crippen molar-refractivity contribution in [2.45, 2.75) is 17.1 Å². The minimum atomic E-state index is -5.00. The Kier molecular flexibility index (Phi) is 5.59. The first-order valence-corrected chi connectivity index (χ1v) is 9.37. The number of anilines is 1. The Balaban J connectivity index is 1.89. The number of carbonyl (C=O) groups is 1. The maximum Gasteiger partial charge on any atom is 0.471 e. The summed E-state index contributed by atoms with van der Waals surface area (Å²) >= 11 is 0. The second-order valence-electron chi connectivity index (χ2n) is 5.75. The van der Waals surface area contributed by atoms with Crippen molar-refractivity contribution in [2.24, 2.45) is 0 Å². The van der Waals surface area contributed by atoms with Gasteiger partial charge in [0, 0.05) is 31.3 Å². The van der Waals surface area contributed by atoms with E-state index in [1.165, 1.54) is 24.4 Å². The van der Waals surface area contributed by atoms with Crippen LogP contribution in [0, 0.1) is 0 Å². The van der Waals surface area contributed by atoms with Gasteiger partial charge in [0.25, 0.3) is 0 Å². The van der Waals surface area contributed by atoms with Gasteiger partial charge in [0.05, 0.1) is 16.6 Å². The summed E-state index contributed by atoms with van der Waals surface area (Å²) in [5, 5.41) is 0.207. The van der Waals surface area contributed by atoms with Gasteiger partial charge in [0.15, 0.2) is 0 Å². The van der Waals surface area contributed by atoms with Gasteiger partial charge in [-0.1, -0.05) is 24.3 Å². The molecular weight excluding hydrogens is 393 g/mol. The molecule has 0 radical (unpaired) electrons. The highest BCUT2D eigenvalue weighted by molar-refractivity contribution is 7.84. The summed E-state index contributed by atoms with van der Waals surface area (Å²) in [7, 11) is -0.650. The third kappa shape index (κ3) is 4.11. The van der Waals surface area contributed by atoms with Gasteiger partial charge in [0.1, 0.15) is 5.82 Å². The molecule has 3 aromatic rings. The van der Waals surface area contributed by atoms with Crippen LogP contribution in [0.5, 0.6) is 0 Å². The molecule has 0 aliphatic rings. The normalized spacial score (nSPS) is 12.6. The standard InChI is InChI=1S/C18H15F3N4O2S/c1-24(16(26)18(19,20)21)14-7-3-2-6-13(14)12-28(27)17-23-10-11-25(17)15-8-4-5-9-22-15/h2-11H,12H2,1H3. The van der Waals surface area contributed by atoms with Crippen LogP contribution in [-0.4, -0.2) is 37.9 Å². The first-order valence-electron chi connectivity index (χ1n) is 8.05. The van der Waals surface area contributed by atoms with E-state index in [0.29, 0.717) is 16.3 Å². The van der Waals surface area contributed by atoms with Crippen LogP contribution in [0.2, 0.25) is 0 Å². The average Bonchev–Trinajstić information content (AvgIpc) is 3.17. The van der Waals surface area contributed by atoms with Crippen LogP contribution < -0.4 is 4.90 Å². The molecule has 146 valence electrons. The molecule has 1 amide bonds. The molecule has 3 rings (SSSR count). The molecule has 0 bridgehead atoms. The summed E-state index contributed by atoms with van der Waals surface area (Å²) in [5.74, 6) is -1.60. The van der Waals surface area contributed by atoms with Crippen molar-refractivity contribution in [3.8, 4) is 5.82 Å². The van der Waals surface area contributed by atoms with Crippen LogP contribution >= 0.6 is 0 Å². The lowest BCUT2D eigenvalue weighted by Gasteiger charge is -2.21. The second kappa shape index (κ2) is 7.93. The number of hydrogen-bond donors (Lipinski definition) is 0. The van der Waals surface area contributed by atoms with E-state index in [0.717, 1.165) is 7.05 Å². The number of carbonyl (C=O) groups excluding carboxylic acids is 1. The van der Waals surface area contributed by atoms with Gasteiger partial charge in [-0.3, -0.25) is 13.6 Å². The van der Waals surface area contributed by atoms with E-state index in [-0.39, 0.29) is 16.6 Å². The quantitative estimate of drug-likeness (QED) is 0.651. The number of hydrogen-bond acceptors (Lipinski definition) is 4. The summed E-state index contributed by atoms with van der Waals surface area (Å²) in [6, 6.07) is 11.2. The largest absolute Gasteiger partial charge is 0.471 e.